The van der Waals surface area contributed by atoms with E-state index in [1.165, 1.54) is 162 Å². The maximum absolute atomic E-state index is 2.25. The van der Waals surface area contributed by atoms with Crippen LogP contribution in [0.25, 0.3) is 163 Å². The molecule has 0 saturated heterocycles. The summed E-state index contributed by atoms with van der Waals surface area (Å²) in [6.45, 7) is 0. The Morgan fingerprint density at radius 2 is 0.314 bits per heavy atom. The number of hydrogen-bond donors (Lipinski definition) is 0. The third kappa shape index (κ3) is 17.6. The van der Waals surface area contributed by atoms with E-state index in [0.29, 0.717) is 0 Å². The maximum Gasteiger partial charge on any atom is -0.00264 e. The molecule has 36 N–H and O–H groups in total. The summed E-state index contributed by atoms with van der Waals surface area (Å²) in [4.78, 5) is 0. The van der Waals surface area contributed by atoms with Crippen LogP contribution in [-0.4, -0.2) is 98.6 Å². The minimum Gasteiger partial charge on any atom is -0.412 e. The molecule has 0 radical (unpaired) electrons. The van der Waals surface area contributed by atoms with E-state index in [4.69, 9.17) is 0 Å². The second-order valence-corrected chi connectivity index (χ2v) is 22.9. The van der Waals surface area contributed by atoms with E-state index >= 15 is 0 Å². The molecule has 2 aliphatic carbocycles. The van der Waals surface area contributed by atoms with Crippen LogP contribution < -0.4 is 0 Å². The Bertz CT molecular complexity index is 5120. The lowest BCUT2D eigenvalue weighted by Crippen LogP contribution is -1.85. The average molecular weight is 1430 g/mol. The van der Waals surface area contributed by atoms with Gasteiger partial charge < -0.3 is 98.6 Å². The Morgan fingerprint density at radius 3 is 0.514 bits per heavy atom. The van der Waals surface area contributed by atoms with Gasteiger partial charge in [-0.2, -0.15) is 0 Å². The molecule has 19 aromatic rings. The Morgan fingerprint density at radius 1 is 0.143 bits per heavy atom. The van der Waals surface area contributed by atoms with Gasteiger partial charge in [0.1, 0.15) is 0 Å². The van der Waals surface area contributed by atoms with Crippen molar-refractivity contribution in [3.63, 3.8) is 0 Å². The summed E-state index contributed by atoms with van der Waals surface area (Å²) in [6, 6.07) is 109. The zero-order valence-electron chi connectivity index (χ0n) is 57.0. The molecule has 0 atom stereocenters. The first-order valence-electron chi connectivity index (χ1n) is 30.3. The first-order chi connectivity index (χ1) is 43.2. The highest BCUT2D eigenvalue weighted by molar-refractivity contribution is 6.34. The van der Waals surface area contributed by atoms with Gasteiger partial charge >= 0.3 is 0 Å². The molecule has 0 aromatic heterocycles. The lowest BCUT2D eigenvalue weighted by Gasteiger charge is -2.13. The standard InChI is InChI=1S/2C20H12.C16H10.C14H10.C12H8.C5H6.18H2O/c2*1-5-13-6-2-11-17-18-12-4-8-14-7-3-10-16(20(14)18)15(9-1)19(13)17;1-3-11-7-9-13-5-2-6-14-10-8-12(4-1)15(11)16(13)14;1-2-6-12-10-14-8-4-3-7-13(14)9-11(12)5-1;1-3-9-4-2-6-11-8-7-10(5-1)12(9)11;1-2-4-5-3-1;;;;;;;;;;;;;;;;;;/h2*1-12H;1-10H;1-10H;1-8H;1-4H,5H2;18*1H2. The van der Waals surface area contributed by atoms with E-state index in [1.807, 2.05) is 0 Å². The molecule has 550 valence electrons. The summed E-state index contributed by atoms with van der Waals surface area (Å²) in [5, 5.41) is 37.9. The van der Waals surface area contributed by atoms with E-state index in [9.17, 15) is 0 Å². The SMILES string of the molecule is C1=CCC=C1.C1=Cc2cccc3cccc1c23.O.O.O.O.O.O.O.O.O.O.O.O.O.O.O.O.O.O.c1cc2ccc3cccc4ccc(c1)c2c34.c1cc2cccc3c4cccc5cccc(c(c1)c23)c54.c1cc2cccc3c4cccc5cccc(c(c1)c23)c54.c1ccc2cc3ccccc3cc2c1. The number of rotatable bonds is 0. The molecule has 21 rings (SSSR count). The van der Waals surface area contributed by atoms with Crippen molar-refractivity contribution in [3.05, 3.63) is 339 Å². The van der Waals surface area contributed by atoms with E-state index in [2.05, 4.69) is 340 Å². The molecule has 19 aromatic carbocycles. The van der Waals surface area contributed by atoms with Gasteiger partial charge in [-0.1, -0.05) is 328 Å². The molecule has 18 heteroatoms. The minimum atomic E-state index is 0. The van der Waals surface area contributed by atoms with Gasteiger partial charge in [-0.05, 0) is 180 Å². The number of hydrogen-bond acceptors (Lipinski definition) is 0. The summed E-state index contributed by atoms with van der Waals surface area (Å²) < 4.78 is 0. The van der Waals surface area contributed by atoms with Gasteiger partial charge in [-0.25, -0.2) is 0 Å². The van der Waals surface area contributed by atoms with Crippen molar-refractivity contribution in [1.82, 2.24) is 0 Å². The largest absolute Gasteiger partial charge is 0.412 e. The van der Waals surface area contributed by atoms with Crippen LogP contribution in [0.5, 0.6) is 0 Å². The fourth-order valence-electron chi connectivity index (χ4n) is 14.0. The van der Waals surface area contributed by atoms with E-state index in [1.54, 1.807) is 0 Å². The minimum absolute atomic E-state index is 0. The maximum atomic E-state index is 2.25. The Kier molecular flexibility index (Phi) is 38.8. The van der Waals surface area contributed by atoms with Gasteiger partial charge in [0.25, 0.3) is 0 Å². The number of benzene rings is 19. The van der Waals surface area contributed by atoms with Crippen LogP contribution in [0.15, 0.2) is 328 Å². The Hall–Kier alpha value is -11.9. The van der Waals surface area contributed by atoms with Crippen LogP contribution in [0.3, 0.4) is 0 Å². The molecule has 0 fully saturated rings. The zero-order valence-corrected chi connectivity index (χ0v) is 57.0. The zero-order chi connectivity index (χ0) is 57.6. The van der Waals surface area contributed by atoms with E-state index < -0.39 is 0 Å². The molecule has 0 bridgehead atoms. The van der Waals surface area contributed by atoms with Crippen molar-refractivity contribution in [3.8, 4) is 0 Å². The summed E-state index contributed by atoms with van der Waals surface area (Å²) in [6.07, 6.45) is 13.9. The molecular weight excluding hydrogens is 1330 g/mol. The first-order valence-corrected chi connectivity index (χ1v) is 30.3. The molecule has 0 aliphatic heterocycles. The van der Waals surface area contributed by atoms with Crippen LogP contribution in [0.4, 0.5) is 0 Å². The molecule has 0 saturated carbocycles. The van der Waals surface area contributed by atoms with Gasteiger partial charge in [-0.15, -0.1) is 0 Å². The van der Waals surface area contributed by atoms with Gasteiger partial charge in [0, 0.05) is 0 Å². The van der Waals surface area contributed by atoms with Crippen LogP contribution >= 0.6 is 0 Å². The summed E-state index contributed by atoms with van der Waals surface area (Å²) in [7, 11) is 0. The molecule has 0 spiro atoms. The molecule has 0 unspecified atom stereocenters. The summed E-state index contributed by atoms with van der Waals surface area (Å²) >= 11 is 0. The quantitative estimate of drug-likeness (QED) is 0.101. The van der Waals surface area contributed by atoms with Crippen molar-refractivity contribution < 1.29 is 98.6 Å². The van der Waals surface area contributed by atoms with Crippen molar-refractivity contribution in [2.45, 2.75) is 6.42 Å². The highest BCUT2D eigenvalue weighted by Gasteiger charge is 2.14. The predicted molar refractivity (Wildman–Crippen MR) is 448 cm³/mol. The van der Waals surface area contributed by atoms with Gasteiger partial charge in [-0.3, -0.25) is 0 Å². The van der Waals surface area contributed by atoms with Gasteiger partial charge in [0.15, 0.2) is 0 Å². The predicted octanol–water partition coefficient (Wildman–Crippen LogP) is 10.0. The molecule has 18 nitrogen and oxygen atoms in total. The third-order valence-electron chi connectivity index (χ3n) is 17.9. The highest BCUT2D eigenvalue weighted by Crippen LogP contribution is 2.42. The summed E-state index contributed by atoms with van der Waals surface area (Å²) in [5.41, 5.74) is 2.70. The lowest BCUT2D eigenvalue weighted by molar-refractivity contribution is 0.823. The second-order valence-electron chi connectivity index (χ2n) is 22.9. The molecular formula is C87H94O18. The molecule has 0 amide bonds. The van der Waals surface area contributed by atoms with Crippen molar-refractivity contribution in [2.75, 3.05) is 0 Å². The molecule has 105 heavy (non-hydrogen) atoms. The Balaban J connectivity index is -0.00000118. The fraction of sp³-hybridized carbons (Fsp3) is 0.0115. The second kappa shape index (κ2) is 41.9. The average Bonchev–Trinajstić information content (AvgIpc) is 0.788. The van der Waals surface area contributed by atoms with Crippen LogP contribution in [0.2, 0.25) is 0 Å². The number of allylic oxidation sites excluding steroid dienone is 4. The number of fused-ring (bicyclic) bond motifs is 6. The smallest absolute Gasteiger partial charge is 0.00264 e. The van der Waals surface area contributed by atoms with Crippen molar-refractivity contribution in [2.24, 2.45) is 0 Å². The summed E-state index contributed by atoms with van der Waals surface area (Å²) in [5.74, 6) is 0. The van der Waals surface area contributed by atoms with Crippen LogP contribution in [-0.2, 0) is 0 Å². The van der Waals surface area contributed by atoms with Gasteiger partial charge in [0.2, 0.25) is 0 Å². The van der Waals surface area contributed by atoms with Crippen LogP contribution in [0.1, 0.15) is 17.5 Å². The third-order valence-corrected chi connectivity index (χ3v) is 17.9. The monoisotopic (exact) mass is 1430 g/mol. The van der Waals surface area contributed by atoms with E-state index in [0.717, 1.165) is 6.42 Å². The van der Waals surface area contributed by atoms with Gasteiger partial charge in [0.05, 0.1) is 0 Å². The lowest BCUT2D eigenvalue weighted by atomic mass is 9.90. The normalized spacial score (nSPS) is 10.1. The van der Waals surface area contributed by atoms with Crippen LogP contribution in [0, 0.1) is 0 Å². The first kappa shape index (κ1) is 97.3. The molecule has 0 heterocycles. The fourth-order valence-corrected chi connectivity index (χ4v) is 14.0. The van der Waals surface area contributed by atoms with Crippen molar-refractivity contribution >= 4 is 163 Å². The highest BCUT2D eigenvalue weighted by atomic mass is 16.0. The molecule has 2 aliphatic rings. The Labute approximate surface area is 603 Å². The van der Waals surface area contributed by atoms with Crippen molar-refractivity contribution in [1.29, 1.82) is 0 Å². The topological polar surface area (TPSA) is 567 Å². The van der Waals surface area contributed by atoms with E-state index in [-0.39, 0.29) is 98.6 Å².